The predicted molar refractivity (Wildman–Crippen MR) is 19.2 cm³/mol. The standard InChI is InChI=1S/3CH3.Ir/h3*1H3;/q3*-1;+3. The molecule has 0 spiro atoms. The molecule has 0 N–H and O–H groups in total. The first kappa shape index (κ1) is 147. The van der Waals surface area contributed by atoms with E-state index in [1.54, 1.807) is 0 Å². The zero-order valence-corrected chi connectivity index (χ0v) is 5.73. The fourth-order valence-corrected chi connectivity index (χ4v) is 0. The first-order valence-corrected chi connectivity index (χ1v) is 0. The molecule has 0 radical (unpaired) electrons. The smallest absolute Gasteiger partial charge is 0.358 e. The van der Waals surface area contributed by atoms with Crippen molar-refractivity contribution in [3.63, 3.8) is 0 Å². The van der Waals surface area contributed by atoms with Gasteiger partial charge < -0.3 is 22.3 Å². The minimum atomic E-state index is 0. The molecule has 4 heavy (non-hydrogen) atoms. The molecule has 1 heteroatoms. The van der Waals surface area contributed by atoms with Gasteiger partial charge >= 0.3 is 20.1 Å². The van der Waals surface area contributed by atoms with Crippen molar-refractivity contribution >= 4 is 0 Å². The largest absolute Gasteiger partial charge is 3.00 e. The Balaban J connectivity index is 0. The topological polar surface area (TPSA) is 0 Å². The summed E-state index contributed by atoms with van der Waals surface area (Å²) in [6.07, 6.45) is 0. The molecule has 0 aliphatic carbocycles. The van der Waals surface area contributed by atoms with E-state index in [4.69, 9.17) is 0 Å². The Kier molecular flexibility index (Phi) is 2230. The van der Waals surface area contributed by atoms with Crippen molar-refractivity contribution in [3.8, 4) is 0 Å². The molecule has 0 bridgehead atoms. The molecule has 0 aromatic rings. The number of hydrogen-bond donors (Lipinski definition) is 0. The number of hydrogen-bond acceptors (Lipinski definition) is 0. The van der Waals surface area contributed by atoms with Crippen molar-refractivity contribution in [3.05, 3.63) is 22.3 Å². The van der Waals surface area contributed by atoms with Gasteiger partial charge in [0.25, 0.3) is 0 Å². The van der Waals surface area contributed by atoms with Gasteiger partial charge in [0.05, 0.1) is 0 Å². The monoisotopic (exact) mass is 238 g/mol. The van der Waals surface area contributed by atoms with Gasteiger partial charge in [-0.25, -0.2) is 0 Å². The molecule has 0 saturated heterocycles. The second-order valence-electron chi connectivity index (χ2n) is 0. The molecule has 0 amide bonds. The molecule has 0 aliphatic heterocycles. The van der Waals surface area contributed by atoms with E-state index in [1.165, 1.54) is 0 Å². The summed E-state index contributed by atoms with van der Waals surface area (Å²) in [4.78, 5) is 0. The molecule has 0 rings (SSSR count). The van der Waals surface area contributed by atoms with Crippen LogP contribution in [0.3, 0.4) is 0 Å². The van der Waals surface area contributed by atoms with Gasteiger partial charge in [-0.2, -0.15) is 0 Å². The van der Waals surface area contributed by atoms with E-state index < -0.39 is 0 Å². The van der Waals surface area contributed by atoms with Gasteiger partial charge in [0.1, 0.15) is 0 Å². The average Bonchev–Trinajstić information content (AvgIpc) is 0. The summed E-state index contributed by atoms with van der Waals surface area (Å²) in [6, 6.07) is 0. The third-order valence-corrected chi connectivity index (χ3v) is 0. The van der Waals surface area contributed by atoms with Gasteiger partial charge in [-0.3, -0.25) is 0 Å². The summed E-state index contributed by atoms with van der Waals surface area (Å²) >= 11 is 0. The van der Waals surface area contributed by atoms with E-state index in [-0.39, 0.29) is 42.4 Å². The Morgan fingerprint density at radius 1 is 0.500 bits per heavy atom. The SMILES string of the molecule is [CH3-].[CH3-].[CH3-].[Ir+3]. The maximum atomic E-state index is 0. The second-order valence-corrected chi connectivity index (χ2v) is 0. The number of rotatable bonds is 0. The summed E-state index contributed by atoms with van der Waals surface area (Å²) in [7, 11) is 0. The predicted octanol–water partition coefficient (Wildman–Crippen LogP) is 1.35. The van der Waals surface area contributed by atoms with E-state index in [1.807, 2.05) is 0 Å². The van der Waals surface area contributed by atoms with Gasteiger partial charge in [0.2, 0.25) is 0 Å². The summed E-state index contributed by atoms with van der Waals surface area (Å²) in [5.74, 6) is 0. The van der Waals surface area contributed by atoms with Crippen LogP contribution in [-0.4, -0.2) is 0 Å². The average molecular weight is 237 g/mol. The van der Waals surface area contributed by atoms with Crippen LogP contribution >= 0.6 is 0 Å². The zero-order chi connectivity index (χ0) is 0. The van der Waals surface area contributed by atoms with Crippen molar-refractivity contribution in [1.82, 2.24) is 0 Å². The fraction of sp³-hybridized carbons (Fsp3) is 0. The molecule has 0 fully saturated rings. The first-order chi connectivity index (χ1) is 0. The van der Waals surface area contributed by atoms with E-state index in [0.29, 0.717) is 0 Å². The molecule has 0 aromatic heterocycles. The van der Waals surface area contributed by atoms with E-state index in [2.05, 4.69) is 0 Å². The Labute approximate surface area is 43.0 Å². The summed E-state index contributed by atoms with van der Waals surface area (Å²) in [5.41, 5.74) is 0. The normalized spacial score (nSPS) is 0. The van der Waals surface area contributed by atoms with Crippen molar-refractivity contribution < 1.29 is 20.1 Å². The van der Waals surface area contributed by atoms with Crippen LogP contribution in [0.4, 0.5) is 0 Å². The van der Waals surface area contributed by atoms with Gasteiger partial charge in [-0.05, 0) is 0 Å². The Bertz CT molecular complexity index is 3.25. The summed E-state index contributed by atoms with van der Waals surface area (Å²) in [6.45, 7) is 0. The van der Waals surface area contributed by atoms with Crippen LogP contribution < -0.4 is 0 Å². The second kappa shape index (κ2) is 60.7. The van der Waals surface area contributed by atoms with Crippen LogP contribution in [-0.2, 0) is 20.1 Å². The molecular formula is C3H9Ir. The molecule has 0 aliphatic rings. The molecule has 0 unspecified atom stereocenters. The molecule has 30 valence electrons. The van der Waals surface area contributed by atoms with Crippen molar-refractivity contribution in [1.29, 1.82) is 0 Å². The van der Waals surface area contributed by atoms with Crippen LogP contribution in [0.1, 0.15) is 0 Å². The third-order valence-electron chi connectivity index (χ3n) is 0. The van der Waals surface area contributed by atoms with Crippen LogP contribution in [0, 0.1) is 22.3 Å². The first-order valence-electron chi connectivity index (χ1n) is 0. The van der Waals surface area contributed by atoms with Gasteiger partial charge in [-0.15, -0.1) is 0 Å². The minimum absolute atomic E-state index is 0. The maximum Gasteiger partial charge on any atom is 3.00 e. The fourth-order valence-electron chi connectivity index (χ4n) is 0. The minimum Gasteiger partial charge on any atom is -0.358 e. The Hall–Kier alpha value is 0.649. The quantitative estimate of drug-likeness (QED) is 0.558. The van der Waals surface area contributed by atoms with Gasteiger partial charge in [-0.1, -0.05) is 0 Å². The van der Waals surface area contributed by atoms with Crippen molar-refractivity contribution in [2.24, 2.45) is 0 Å². The Morgan fingerprint density at radius 2 is 0.500 bits per heavy atom. The molecule has 0 aromatic carbocycles. The van der Waals surface area contributed by atoms with Crippen LogP contribution in [0.2, 0.25) is 0 Å². The van der Waals surface area contributed by atoms with Crippen molar-refractivity contribution in [2.75, 3.05) is 0 Å². The zero-order valence-electron chi connectivity index (χ0n) is 3.33. The van der Waals surface area contributed by atoms with E-state index in [0.717, 1.165) is 0 Å². The van der Waals surface area contributed by atoms with Gasteiger partial charge in [0, 0.05) is 0 Å². The van der Waals surface area contributed by atoms with E-state index >= 15 is 0 Å². The van der Waals surface area contributed by atoms with Crippen molar-refractivity contribution in [2.45, 2.75) is 0 Å². The van der Waals surface area contributed by atoms with Crippen LogP contribution in [0.5, 0.6) is 0 Å². The maximum absolute atomic E-state index is 0. The molecule has 0 atom stereocenters. The molecule has 0 heterocycles. The van der Waals surface area contributed by atoms with Crippen LogP contribution in [0.15, 0.2) is 0 Å². The summed E-state index contributed by atoms with van der Waals surface area (Å²) in [5, 5.41) is 0. The van der Waals surface area contributed by atoms with Gasteiger partial charge in [0.15, 0.2) is 0 Å². The Morgan fingerprint density at radius 3 is 0.500 bits per heavy atom. The van der Waals surface area contributed by atoms with E-state index in [9.17, 15) is 0 Å². The molecule has 0 saturated carbocycles. The van der Waals surface area contributed by atoms with Crippen LogP contribution in [0.25, 0.3) is 0 Å². The molecule has 0 nitrogen and oxygen atoms in total. The molecular weight excluding hydrogens is 228 g/mol. The summed E-state index contributed by atoms with van der Waals surface area (Å²) < 4.78 is 0. The third kappa shape index (κ3) is 17.1.